The maximum Gasteiger partial charge on any atom is 0.183 e. The van der Waals surface area contributed by atoms with Gasteiger partial charge in [0.25, 0.3) is 0 Å². The molecule has 3 aromatic heterocycles. The summed E-state index contributed by atoms with van der Waals surface area (Å²) in [4.78, 5) is 22.9. The highest BCUT2D eigenvalue weighted by Crippen LogP contribution is 2.40. The fourth-order valence-corrected chi connectivity index (χ4v) is 4.55. The first-order valence-electron chi connectivity index (χ1n) is 8.70. The van der Waals surface area contributed by atoms with E-state index in [0.29, 0.717) is 18.1 Å². The van der Waals surface area contributed by atoms with Crippen LogP contribution in [0.25, 0.3) is 21.7 Å². The molecule has 130 valence electrons. The van der Waals surface area contributed by atoms with Crippen LogP contribution in [-0.4, -0.2) is 39.6 Å². The normalized spacial score (nSPS) is 15.2. The molecule has 2 N–H and O–H groups in total. The first-order valence-corrected chi connectivity index (χ1v) is 9.52. The second-order valence-corrected chi connectivity index (χ2v) is 7.63. The number of aryl methyl sites for hydroxylation is 2. The number of likely N-dealkylation sites (N-methyl/N-ethyl adjacent to an activating group) is 1. The third-order valence-electron chi connectivity index (χ3n) is 4.92. The Morgan fingerprint density at radius 2 is 2.08 bits per heavy atom. The lowest BCUT2D eigenvalue weighted by atomic mass is 9.97. The van der Waals surface area contributed by atoms with E-state index in [2.05, 4.69) is 28.8 Å². The summed E-state index contributed by atoms with van der Waals surface area (Å²) in [6, 6.07) is 0.201. The van der Waals surface area contributed by atoms with E-state index >= 15 is 0 Å². The molecule has 1 aliphatic carbocycles. The Balaban J connectivity index is 1.96. The Labute approximate surface area is 151 Å². The summed E-state index contributed by atoms with van der Waals surface area (Å²) in [6.07, 6.45) is 9.80. The van der Waals surface area contributed by atoms with Crippen molar-refractivity contribution >= 4 is 27.4 Å². The van der Waals surface area contributed by atoms with Gasteiger partial charge in [0.15, 0.2) is 5.82 Å². The molecule has 6 nitrogen and oxygen atoms in total. The monoisotopic (exact) mass is 354 g/mol. The molecule has 4 rings (SSSR count). The van der Waals surface area contributed by atoms with Crippen molar-refractivity contribution < 1.29 is 0 Å². The van der Waals surface area contributed by atoms with E-state index in [0.717, 1.165) is 23.5 Å². The molecule has 1 aliphatic rings. The number of anilines is 1. The number of rotatable bonds is 4. The van der Waals surface area contributed by atoms with Crippen molar-refractivity contribution in [2.24, 2.45) is 5.73 Å². The average molecular weight is 354 g/mol. The van der Waals surface area contributed by atoms with Crippen molar-refractivity contribution in [3.63, 3.8) is 0 Å². The van der Waals surface area contributed by atoms with Crippen LogP contribution in [0.5, 0.6) is 0 Å². The zero-order valence-electron chi connectivity index (χ0n) is 14.6. The smallest absolute Gasteiger partial charge is 0.183 e. The molecule has 0 fully saturated rings. The lowest BCUT2D eigenvalue weighted by Crippen LogP contribution is -2.36. The van der Waals surface area contributed by atoms with Gasteiger partial charge in [-0.05, 0) is 38.2 Å². The van der Waals surface area contributed by atoms with Gasteiger partial charge in [0.2, 0.25) is 0 Å². The number of aromatic nitrogens is 4. The lowest BCUT2D eigenvalue weighted by molar-refractivity contribution is 0.685. The van der Waals surface area contributed by atoms with Gasteiger partial charge < -0.3 is 10.6 Å². The molecule has 0 aliphatic heterocycles. The Bertz CT molecular complexity index is 891. The number of thiophene rings is 1. The first kappa shape index (κ1) is 16.4. The summed E-state index contributed by atoms with van der Waals surface area (Å²) in [6.45, 7) is 2.70. The summed E-state index contributed by atoms with van der Waals surface area (Å²) in [5.41, 5.74) is 8.05. The maximum atomic E-state index is 5.91. The molecule has 7 heteroatoms. The van der Waals surface area contributed by atoms with Crippen LogP contribution in [-0.2, 0) is 12.8 Å². The highest BCUT2D eigenvalue weighted by Gasteiger charge is 2.24. The second kappa shape index (κ2) is 6.65. The number of hydrogen-bond donors (Lipinski definition) is 1. The van der Waals surface area contributed by atoms with E-state index in [9.17, 15) is 0 Å². The fourth-order valence-electron chi connectivity index (χ4n) is 3.29. The van der Waals surface area contributed by atoms with Crippen molar-refractivity contribution in [1.82, 2.24) is 19.9 Å². The summed E-state index contributed by atoms with van der Waals surface area (Å²) in [7, 11) is 2.06. The van der Waals surface area contributed by atoms with Gasteiger partial charge in [-0.1, -0.05) is 0 Å². The molecule has 25 heavy (non-hydrogen) atoms. The van der Waals surface area contributed by atoms with Crippen LogP contribution in [0.3, 0.4) is 0 Å². The van der Waals surface area contributed by atoms with Gasteiger partial charge in [0.05, 0.1) is 11.6 Å². The maximum absolute atomic E-state index is 5.91. The predicted molar refractivity (Wildman–Crippen MR) is 102 cm³/mol. The summed E-state index contributed by atoms with van der Waals surface area (Å²) in [5, 5.41) is 1.20. The highest BCUT2D eigenvalue weighted by molar-refractivity contribution is 7.19. The molecular formula is C18H22N6S. The van der Waals surface area contributed by atoms with Crippen LogP contribution in [0.2, 0.25) is 0 Å². The van der Waals surface area contributed by atoms with E-state index in [4.69, 9.17) is 15.7 Å². The Morgan fingerprint density at radius 1 is 1.24 bits per heavy atom. The minimum Gasteiger partial charge on any atom is -0.355 e. The Kier molecular flexibility index (Phi) is 4.35. The van der Waals surface area contributed by atoms with Crippen LogP contribution in [0, 0.1) is 0 Å². The van der Waals surface area contributed by atoms with E-state index in [-0.39, 0.29) is 6.04 Å². The lowest BCUT2D eigenvalue weighted by Gasteiger charge is -2.26. The van der Waals surface area contributed by atoms with Crippen molar-refractivity contribution in [2.75, 3.05) is 18.5 Å². The van der Waals surface area contributed by atoms with Crippen LogP contribution in [0.15, 0.2) is 18.6 Å². The van der Waals surface area contributed by atoms with Crippen LogP contribution in [0.4, 0.5) is 5.82 Å². The predicted octanol–water partition coefficient (Wildman–Crippen LogP) is 2.81. The molecule has 0 bridgehead atoms. The second-order valence-electron chi connectivity index (χ2n) is 6.55. The number of fused-ring (bicyclic) bond motifs is 3. The minimum atomic E-state index is 0.201. The molecule has 3 aromatic rings. The fraction of sp³-hybridized carbons (Fsp3) is 0.444. The molecule has 1 atom stereocenters. The SMILES string of the molecule is CC(CN)N(C)c1nc(-c2cnccn2)nc2sc3c(c12)CCCC3. The molecule has 0 saturated carbocycles. The molecule has 0 aromatic carbocycles. The summed E-state index contributed by atoms with van der Waals surface area (Å²) in [5.74, 6) is 1.59. The Morgan fingerprint density at radius 3 is 2.84 bits per heavy atom. The summed E-state index contributed by atoms with van der Waals surface area (Å²) < 4.78 is 0. The van der Waals surface area contributed by atoms with Gasteiger partial charge in [-0.25, -0.2) is 15.0 Å². The van der Waals surface area contributed by atoms with Crippen molar-refractivity contribution in [3.05, 3.63) is 29.0 Å². The quantitative estimate of drug-likeness (QED) is 0.776. The van der Waals surface area contributed by atoms with E-state index < -0.39 is 0 Å². The average Bonchev–Trinajstić information content (AvgIpc) is 3.05. The number of nitrogens with two attached hydrogens (primary N) is 1. The zero-order chi connectivity index (χ0) is 17.4. The minimum absolute atomic E-state index is 0.201. The largest absolute Gasteiger partial charge is 0.355 e. The van der Waals surface area contributed by atoms with Crippen LogP contribution >= 0.6 is 11.3 Å². The van der Waals surface area contributed by atoms with E-state index in [1.807, 2.05) is 0 Å². The molecule has 0 spiro atoms. The number of nitrogens with zero attached hydrogens (tertiary/aromatic N) is 5. The first-order chi connectivity index (χ1) is 12.2. The molecule has 0 amide bonds. The third-order valence-corrected chi connectivity index (χ3v) is 6.11. The van der Waals surface area contributed by atoms with Gasteiger partial charge in [0.1, 0.15) is 16.3 Å². The van der Waals surface area contributed by atoms with Crippen LogP contribution < -0.4 is 10.6 Å². The van der Waals surface area contributed by atoms with Crippen molar-refractivity contribution in [2.45, 2.75) is 38.6 Å². The molecule has 1 unspecified atom stereocenters. The van der Waals surface area contributed by atoms with Gasteiger partial charge >= 0.3 is 0 Å². The molecule has 0 radical (unpaired) electrons. The van der Waals surface area contributed by atoms with Gasteiger partial charge in [-0.15, -0.1) is 11.3 Å². The van der Waals surface area contributed by atoms with Crippen LogP contribution in [0.1, 0.15) is 30.2 Å². The van der Waals surface area contributed by atoms with Crippen molar-refractivity contribution in [3.8, 4) is 11.5 Å². The van der Waals surface area contributed by atoms with E-state index in [1.54, 1.807) is 29.9 Å². The summed E-state index contributed by atoms with van der Waals surface area (Å²) >= 11 is 1.80. The van der Waals surface area contributed by atoms with Gasteiger partial charge in [0, 0.05) is 36.9 Å². The van der Waals surface area contributed by atoms with E-state index in [1.165, 1.54) is 28.7 Å². The van der Waals surface area contributed by atoms with Gasteiger partial charge in [-0.3, -0.25) is 4.98 Å². The molecule has 3 heterocycles. The topological polar surface area (TPSA) is 80.8 Å². The number of hydrogen-bond acceptors (Lipinski definition) is 7. The molecule has 0 saturated heterocycles. The standard InChI is InChI=1S/C18H22N6S/c1-11(9-19)24(2)17-15-12-5-3-4-6-14(12)25-18(15)23-16(22-17)13-10-20-7-8-21-13/h7-8,10-11H,3-6,9,19H2,1-2H3. The van der Waals surface area contributed by atoms with Crippen molar-refractivity contribution in [1.29, 1.82) is 0 Å². The highest BCUT2D eigenvalue weighted by atomic mass is 32.1. The third kappa shape index (κ3) is 2.87. The zero-order valence-corrected chi connectivity index (χ0v) is 15.4. The van der Waals surface area contributed by atoms with Gasteiger partial charge in [-0.2, -0.15) is 0 Å². The Hall–Kier alpha value is -2.12. The molecular weight excluding hydrogens is 332 g/mol.